The Kier molecular flexibility index (Phi) is 4.15. The molecule has 0 aliphatic heterocycles. The summed E-state index contributed by atoms with van der Waals surface area (Å²) in [5, 5.41) is 4.98. The molecule has 1 saturated carbocycles. The number of amides is 1. The van der Waals surface area contributed by atoms with Crippen LogP contribution in [0.25, 0.3) is 10.8 Å². The third-order valence-corrected chi connectivity index (χ3v) is 5.29. The first-order valence-electron chi connectivity index (χ1n) is 7.80. The third-order valence-electron chi connectivity index (χ3n) is 4.43. The lowest BCUT2D eigenvalue weighted by Gasteiger charge is -2.03. The molecule has 0 unspecified atom stereocenters. The van der Waals surface area contributed by atoms with Crippen molar-refractivity contribution < 1.29 is 9.21 Å². The number of carbonyl (C=O) groups excluding carboxylic acids is 1. The van der Waals surface area contributed by atoms with Gasteiger partial charge in [0.15, 0.2) is 0 Å². The molecular weight excluding hydrogens is 308 g/mol. The first-order valence-corrected chi connectivity index (χ1v) is 8.68. The van der Waals surface area contributed by atoms with Gasteiger partial charge in [-0.15, -0.1) is 11.3 Å². The molecule has 2 aromatic heterocycles. The number of oxazole rings is 1. The van der Waals surface area contributed by atoms with Crippen molar-refractivity contribution in [3.63, 3.8) is 0 Å². The van der Waals surface area contributed by atoms with Crippen LogP contribution in [0.15, 0.2) is 39.8 Å². The van der Waals surface area contributed by atoms with Gasteiger partial charge in [0.05, 0.1) is 23.0 Å². The highest BCUT2D eigenvalue weighted by molar-refractivity contribution is 7.13. The number of hydrogen-bond acceptors (Lipinski definition) is 4. The Morgan fingerprint density at radius 2 is 2.26 bits per heavy atom. The van der Waals surface area contributed by atoms with Crippen LogP contribution in [0.3, 0.4) is 0 Å². The van der Waals surface area contributed by atoms with E-state index in [0.29, 0.717) is 18.4 Å². The summed E-state index contributed by atoms with van der Waals surface area (Å²) in [7, 11) is 0. The van der Waals surface area contributed by atoms with Gasteiger partial charge in [-0.1, -0.05) is 31.6 Å². The summed E-state index contributed by atoms with van der Waals surface area (Å²) in [6, 6.07) is 3.93. The molecule has 2 heterocycles. The smallest absolute Gasteiger partial charge is 0.236 e. The lowest BCUT2D eigenvalue weighted by Crippen LogP contribution is -2.26. The zero-order valence-electron chi connectivity index (χ0n) is 13.9. The molecule has 1 N–H and O–H groups in total. The Balaban J connectivity index is 1.59. The topological polar surface area (TPSA) is 55.1 Å². The Morgan fingerprint density at radius 3 is 2.91 bits per heavy atom. The van der Waals surface area contributed by atoms with Crippen molar-refractivity contribution in [3.8, 4) is 10.8 Å². The number of nitrogens with one attached hydrogen (secondary N) is 1. The minimum Gasteiger partial charge on any atom is -0.443 e. The normalized spacial score (nSPS) is 21.7. The van der Waals surface area contributed by atoms with Crippen molar-refractivity contribution in [2.45, 2.75) is 34.2 Å². The summed E-state index contributed by atoms with van der Waals surface area (Å²) in [6.07, 6.45) is 3.82. The second-order valence-corrected chi connectivity index (χ2v) is 7.86. The van der Waals surface area contributed by atoms with E-state index in [-0.39, 0.29) is 17.2 Å². The van der Waals surface area contributed by atoms with Gasteiger partial charge in [0, 0.05) is 0 Å². The molecule has 3 rings (SSSR count). The zero-order chi connectivity index (χ0) is 16.6. The van der Waals surface area contributed by atoms with Gasteiger partial charge in [0.1, 0.15) is 6.26 Å². The average molecular weight is 330 g/mol. The highest BCUT2D eigenvalue weighted by Gasteiger charge is 2.60. The molecule has 1 amide bonds. The number of thiophene rings is 1. The minimum absolute atomic E-state index is 0.0350. The maximum absolute atomic E-state index is 12.4. The molecule has 23 heavy (non-hydrogen) atoms. The van der Waals surface area contributed by atoms with Gasteiger partial charge < -0.3 is 9.73 Å². The third kappa shape index (κ3) is 3.24. The molecule has 0 spiro atoms. The predicted octanol–water partition coefficient (Wildman–Crippen LogP) is 4.26. The molecule has 4 nitrogen and oxygen atoms in total. The average Bonchev–Trinajstić information content (AvgIpc) is 2.96. The summed E-state index contributed by atoms with van der Waals surface area (Å²) >= 11 is 1.58. The molecule has 1 aliphatic rings. The molecule has 0 saturated heterocycles. The Bertz CT molecular complexity index is 724. The largest absolute Gasteiger partial charge is 0.443 e. The van der Waals surface area contributed by atoms with E-state index in [1.807, 2.05) is 17.5 Å². The lowest BCUT2D eigenvalue weighted by atomic mass is 10.1. The fourth-order valence-electron chi connectivity index (χ4n) is 3.04. The van der Waals surface area contributed by atoms with Crippen LogP contribution < -0.4 is 5.32 Å². The first kappa shape index (κ1) is 16.0. The summed E-state index contributed by atoms with van der Waals surface area (Å²) in [4.78, 5) is 17.8. The summed E-state index contributed by atoms with van der Waals surface area (Å²) in [5.41, 5.74) is 2.04. The molecule has 122 valence electrons. The maximum atomic E-state index is 12.4. The van der Waals surface area contributed by atoms with Gasteiger partial charge in [-0.3, -0.25) is 4.79 Å². The van der Waals surface area contributed by atoms with Crippen LogP contribution in [-0.4, -0.2) is 10.9 Å². The number of nitrogens with zero attached hydrogens (tertiary/aromatic N) is 1. The molecule has 0 aromatic carbocycles. The van der Waals surface area contributed by atoms with Gasteiger partial charge in [0.25, 0.3) is 0 Å². The highest BCUT2D eigenvalue weighted by Crippen LogP contribution is 2.59. The Hall–Kier alpha value is -1.88. The van der Waals surface area contributed by atoms with Crippen LogP contribution in [0.4, 0.5) is 0 Å². The van der Waals surface area contributed by atoms with Crippen molar-refractivity contribution in [2.24, 2.45) is 17.3 Å². The number of allylic oxidation sites excluding steroid dienone is 2. The van der Waals surface area contributed by atoms with Crippen LogP contribution in [0.2, 0.25) is 0 Å². The molecule has 1 aliphatic carbocycles. The Labute approximate surface area is 140 Å². The van der Waals surface area contributed by atoms with E-state index in [2.05, 4.69) is 44.1 Å². The molecule has 5 heteroatoms. The fraction of sp³-hybridized carbons (Fsp3) is 0.444. The molecule has 2 atom stereocenters. The van der Waals surface area contributed by atoms with Crippen molar-refractivity contribution in [2.75, 3.05) is 0 Å². The SMILES string of the molecule is CC(C)=C[C@@H]1[C@H](C(=O)NCc2coc(-c3cccs3)n2)C1(C)C. The van der Waals surface area contributed by atoms with Crippen LogP contribution >= 0.6 is 11.3 Å². The number of rotatable bonds is 5. The van der Waals surface area contributed by atoms with Crippen LogP contribution in [0.1, 0.15) is 33.4 Å². The minimum atomic E-state index is 0.0350. The predicted molar refractivity (Wildman–Crippen MR) is 91.9 cm³/mol. The summed E-state index contributed by atoms with van der Waals surface area (Å²) < 4.78 is 5.47. The maximum Gasteiger partial charge on any atom is 0.236 e. The lowest BCUT2D eigenvalue weighted by molar-refractivity contribution is -0.123. The van der Waals surface area contributed by atoms with Crippen molar-refractivity contribution >= 4 is 17.2 Å². The second kappa shape index (κ2) is 5.96. The number of aromatic nitrogens is 1. The van der Waals surface area contributed by atoms with Gasteiger partial charge in [-0.2, -0.15) is 0 Å². The quantitative estimate of drug-likeness (QED) is 0.834. The fourth-order valence-corrected chi connectivity index (χ4v) is 3.69. The van der Waals surface area contributed by atoms with E-state index in [9.17, 15) is 4.79 Å². The van der Waals surface area contributed by atoms with Gasteiger partial charge >= 0.3 is 0 Å². The Morgan fingerprint density at radius 1 is 1.48 bits per heavy atom. The molecule has 0 bridgehead atoms. The number of hydrogen-bond donors (Lipinski definition) is 1. The van der Waals surface area contributed by atoms with Crippen molar-refractivity contribution in [3.05, 3.63) is 41.1 Å². The van der Waals surface area contributed by atoms with E-state index in [4.69, 9.17) is 4.42 Å². The molecule has 0 radical (unpaired) electrons. The molecular formula is C18H22N2O2S. The van der Waals surface area contributed by atoms with E-state index in [0.717, 1.165) is 10.6 Å². The summed E-state index contributed by atoms with van der Waals surface area (Å²) in [5.74, 6) is 1.07. The molecule has 1 fully saturated rings. The van der Waals surface area contributed by atoms with Gasteiger partial charge in [0.2, 0.25) is 11.8 Å². The van der Waals surface area contributed by atoms with Crippen LogP contribution in [0.5, 0.6) is 0 Å². The monoisotopic (exact) mass is 330 g/mol. The van der Waals surface area contributed by atoms with Crippen LogP contribution in [-0.2, 0) is 11.3 Å². The zero-order valence-corrected chi connectivity index (χ0v) is 14.7. The first-order chi connectivity index (χ1) is 10.9. The summed E-state index contributed by atoms with van der Waals surface area (Å²) in [6.45, 7) is 8.84. The number of carbonyl (C=O) groups is 1. The van der Waals surface area contributed by atoms with Gasteiger partial charge in [-0.05, 0) is 36.6 Å². The van der Waals surface area contributed by atoms with E-state index in [1.165, 1.54) is 5.57 Å². The van der Waals surface area contributed by atoms with E-state index < -0.39 is 0 Å². The second-order valence-electron chi connectivity index (χ2n) is 6.91. The van der Waals surface area contributed by atoms with E-state index >= 15 is 0 Å². The van der Waals surface area contributed by atoms with Crippen molar-refractivity contribution in [1.82, 2.24) is 10.3 Å². The van der Waals surface area contributed by atoms with E-state index in [1.54, 1.807) is 17.6 Å². The van der Waals surface area contributed by atoms with Crippen molar-refractivity contribution in [1.29, 1.82) is 0 Å². The highest BCUT2D eigenvalue weighted by atomic mass is 32.1. The van der Waals surface area contributed by atoms with Crippen LogP contribution in [0, 0.1) is 17.3 Å². The standard InChI is InChI=1S/C18H22N2O2S/c1-11(2)8-13-15(18(13,3)4)16(21)19-9-12-10-22-17(20-12)14-6-5-7-23-14/h5-8,10,13,15H,9H2,1-4H3,(H,19,21)/t13-,15-/m1/s1. The molecule has 2 aromatic rings. The van der Waals surface area contributed by atoms with Gasteiger partial charge in [-0.25, -0.2) is 4.98 Å².